The minimum atomic E-state index is -0.306. The summed E-state index contributed by atoms with van der Waals surface area (Å²) in [7, 11) is 0. The van der Waals surface area contributed by atoms with Crippen LogP contribution in [0.15, 0.2) is 24.5 Å². The van der Waals surface area contributed by atoms with Crippen molar-refractivity contribution in [3.63, 3.8) is 0 Å². The lowest BCUT2D eigenvalue weighted by Crippen LogP contribution is -2.27. The number of pyridine rings is 1. The third-order valence-corrected chi connectivity index (χ3v) is 1.90. The monoisotopic (exact) mass is 180 g/mol. The Labute approximate surface area is 78.8 Å². The predicted molar refractivity (Wildman–Crippen MR) is 52.3 cm³/mol. The van der Waals surface area contributed by atoms with Gasteiger partial charge in [0.25, 0.3) is 0 Å². The number of aliphatic hydroxyl groups is 1. The van der Waals surface area contributed by atoms with Crippen molar-refractivity contribution in [3.05, 3.63) is 30.1 Å². The second-order valence-corrected chi connectivity index (χ2v) is 3.27. The Kier molecular flexibility index (Phi) is 3.86. The molecule has 3 heteroatoms. The molecular weight excluding hydrogens is 164 g/mol. The van der Waals surface area contributed by atoms with E-state index in [2.05, 4.69) is 17.2 Å². The second-order valence-electron chi connectivity index (χ2n) is 3.27. The first-order valence-electron chi connectivity index (χ1n) is 4.51. The minimum absolute atomic E-state index is 0.239. The van der Waals surface area contributed by atoms with Crippen LogP contribution < -0.4 is 5.32 Å². The second kappa shape index (κ2) is 4.94. The fraction of sp³-hybridized carbons (Fsp3) is 0.500. The van der Waals surface area contributed by atoms with Gasteiger partial charge in [0, 0.05) is 25.0 Å². The van der Waals surface area contributed by atoms with Crippen LogP contribution >= 0.6 is 0 Å². The average Bonchev–Trinajstić information content (AvgIpc) is 2.15. The lowest BCUT2D eigenvalue weighted by atomic mass is 10.1. The van der Waals surface area contributed by atoms with E-state index in [1.807, 2.05) is 18.3 Å². The first-order chi connectivity index (χ1) is 6.20. The van der Waals surface area contributed by atoms with Crippen molar-refractivity contribution in [3.8, 4) is 0 Å². The molecule has 72 valence electrons. The van der Waals surface area contributed by atoms with Crippen LogP contribution in [0.4, 0.5) is 0 Å². The van der Waals surface area contributed by atoms with E-state index in [0.29, 0.717) is 6.54 Å². The molecule has 0 spiro atoms. The molecule has 0 fully saturated rings. The smallest absolute Gasteiger partial charge is 0.0636 e. The van der Waals surface area contributed by atoms with E-state index in [1.54, 1.807) is 13.1 Å². The van der Waals surface area contributed by atoms with E-state index in [9.17, 15) is 0 Å². The molecule has 0 bridgehead atoms. The van der Waals surface area contributed by atoms with Crippen molar-refractivity contribution in [1.82, 2.24) is 10.3 Å². The van der Waals surface area contributed by atoms with Gasteiger partial charge in [-0.05, 0) is 25.5 Å². The highest BCUT2D eigenvalue weighted by molar-refractivity contribution is 5.12. The molecule has 0 aliphatic rings. The molecule has 0 aliphatic heterocycles. The van der Waals surface area contributed by atoms with E-state index in [1.165, 1.54) is 0 Å². The summed E-state index contributed by atoms with van der Waals surface area (Å²) >= 11 is 0. The zero-order chi connectivity index (χ0) is 9.68. The van der Waals surface area contributed by atoms with Gasteiger partial charge >= 0.3 is 0 Å². The summed E-state index contributed by atoms with van der Waals surface area (Å²) < 4.78 is 0. The summed E-state index contributed by atoms with van der Waals surface area (Å²) in [6, 6.07) is 4.17. The Morgan fingerprint density at radius 3 is 2.85 bits per heavy atom. The minimum Gasteiger partial charge on any atom is -0.392 e. The Morgan fingerprint density at radius 2 is 2.31 bits per heavy atom. The molecule has 0 amide bonds. The van der Waals surface area contributed by atoms with Crippen LogP contribution in [-0.4, -0.2) is 22.7 Å². The van der Waals surface area contributed by atoms with Gasteiger partial charge in [-0.25, -0.2) is 0 Å². The lowest BCUT2D eigenvalue weighted by Gasteiger charge is -2.14. The van der Waals surface area contributed by atoms with Crippen LogP contribution in [0.2, 0.25) is 0 Å². The van der Waals surface area contributed by atoms with Gasteiger partial charge < -0.3 is 10.4 Å². The fourth-order valence-electron chi connectivity index (χ4n) is 1.10. The third-order valence-electron chi connectivity index (χ3n) is 1.90. The molecule has 0 aromatic carbocycles. The standard InChI is InChI=1S/C10H16N2O/c1-8(13)6-12-9(2)10-4-3-5-11-7-10/h3-5,7-9,12-13H,6H2,1-2H3/t8-,9-/m0/s1. The highest BCUT2D eigenvalue weighted by atomic mass is 16.3. The molecule has 1 aromatic heterocycles. The van der Waals surface area contributed by atoms with Crippen LogP contribution in [0.3, 0.4) is 0 Å². The van der Waals surface area contributed by atoms with E-state index in [-0.39, 0.29) is 12.1 Å². The summed E-state index contributed by atoms with van der Waals surface area (Å²) in [5.74, 6) is 0. The Hall–Kier alpha value is -0.930. The Balaban J connectivity index is 2.44. The molecule has 0 radical (unpaired) electrons. The summed E-state index contributed by atoms with van der Waals surface area (Å²) in [6.07, 6.45) is 3.28. The van der Waals surface area contributed by atoms with Gasteiger partial charge in [-0.3, -0.25) is 4.98 Å². The molecule has 1 aromatic rings. The number of rotatable bonds is 4. The topological polar surface area (TPSA) is 45.1 Å². The summed E-state index contributed by atoms with van der Waals surface area (Å²) in [5.41, 5.74) is 1.14. The first kappa shape index (κ1) is 10.2. The lowest BCUT2D eigenvalue weighted by molar-refractivity contribution is 0.187. The first-order valence-corrected chi connectivity index (χ1v) is 4.51. The van der Waals surface area contributed by atoms with Gasteiger partial charge in [-0.2, -0.15) is 0 Å². The highest BCUT2D eigenvalue weighted by Gasteiger charge is 2.04. The van der Waals surface area contributed by atoms with Crippen molar-refractivity contribution in [1.29, 1.82) is 0 Å². The molecule has 1 rings (SSSR count). The normalized spacial score (nSPS) is 15.3. The van der Waals surface area contributed by atoms with Crippen molar-refractivity contribution >= 4 is 0 Å². The maximum atomic E-state index is 9.07. The number of nitrogens with zero attached hydrogens (tertiary/aromatic N) is 1. The molecule has 3 nitrogen and oxygen atoms in total. The van der Waals surface area contributed by atoms with E-state index < -0.39 is 0 Å². The van der Waals surface area contributed by atoms with Crippen molar-refractivity contribution in [2.75, 3.05) is 6.54 Å². The number of aliphatic hydroxyl groups excluding tert-OH is 1. The molecular formula is C10H16N2O. The maximum absolute atomic E-state index is 9.07. The van der Waals surface area contributed by atoms with Gasteiger partial charge in [0.1, 0.15) is 0 Å². The van der Waals surface area contributed by atoms with Gasteiger partial charge in [-0.15, -0.1) is 0 Å². The van der Waals surface area contributed by atoms with Crippen molar-refractivity contribution < 1.29 is 5.11 Å². The number of aromatic nitrogens is 1. The quantitative estimate of drug-likeness (QED) is 0.729. The molecule has 2 N–H and O–H groups in total. The molecule has 1 heterocycles. The van der Waals surface area contributed by atoms with Crippen LogP contribution in [0.1, 0.15) is 25.5 Å². The highest BCUT2D eigenvalue weighted by Crippen LogP contribution is 2.08. The summed E-state index contributed by atoms with van der Waals surface area (Å²) in [6.45, 7) is 4.43. The van der Waals surface area contributed by atoms with Crippen molar-refractivity contribution in [2.45, 2.75) is 26.0 Å². The Bertz CT molecular complexity index is 236. The van der Waals surface area contributed by atoms with Gasteiger partial charge in [0.05, 0.1) is 6.10 Å². The van der Waals surface area contributed by atoms with Crippen LogP contribution in [0.25, 0.3) is 0 Å². The van der Waals surface area contributed by atoms with Gasteiger partial charge in [-0.1, -0.05) is 6.07 Å². The van der Waals surface area contributed by atoms with Gasteiger partial charge in [0.2, 0.25) is 0 Å². The molecule has 0 aliphatic carbocycles. The SMILES string of the molecule is C[C@H](O)CN[C@@H](C)c1cccnc1. The number of nitrogens with one attached hydrogen (secondary N) is 1. The molecule has 13 heavy (non-hydrogen) atoms. The van der Waals surface area contributed by atoms with E-state index in [0.717, 1.165) is 5.56 Å². The largest absolute Gasteiger partial charge is 0.392 e. The maximum Gasteiger partial charge on any atom is 0.0636 e. The molecule has 0 saturated carbocycles. The number of hydrogen-bond donors (Lipinski definition) is 2. The van der Waals surface area contributed by atoms with Crippen LogP contribution in [-0.2, 0) is 0 Å². The van der Waals surface area contributed by atoms with E-state index in [4.69, 9.17) is 5.11 Å². The summed E-state index contributed by atoms with van der Waals surface area (Å²) in [4.78, 5) is 4.03. The fourth-order valence-corrected chi connectivity index (χ4v) is 1.10. The predicted octanol–water partition coefficient (Wildman–Crippen LogP) is 1.11. The van der Waals surface area contributed by atoms with Gasteiger partial charge in [0.15, 0.2) is 0 Å². The molecule has 0 unspecified atom stereocenters. The van der Waals surface area contributed by atoms with E-state index >= 15 is 0 Å². The summed E-state index contributed by atoms with van der Waals surface area (Å²) in [5, 5.41) is 12.3. The van der Waals surface area contributed by atoms with Crippen LogP contribution in [0.5, 0.6) is 0 Å². The zero-order valence-corrected chi connectivity index (χ0v) is 8.07. The Morgan fingerprint density at radius 1 is 1.54 bits per heavy atom. The zero-order valence-electron chi connectivity index (χ0n) is 8.07. The van der Waals surface area contributed by atoms with Crippen LogP contribution in [0, 0.1) is 0 Å². The number of hydrogen-bond acceptors (Lipinski definition) is 3. The van der Waals surface area contributed by atoms with Crippen molar-refractivity contribution in [2.24, 2.45) is 0 Å². The third kappa shape index (κ3) is 3.53. The average molecular weight is 180 g/mol. The molecule has 0 saturated heterocycles. The molecule has 2 atom stereocenters.